The molecule has 0 radical (unpaired) electrons. The van der Waals surface area contributed by atoms with Crippen molar-refractivity contribution >= 4 is 17.2 Å². The van der Waals surface area contributed by atoms with Crippen LogP contribution in [0.15, 0.2) is 11.4 Å². The van der Waals surface area contributed by atoms with Crippen molar-refractivity contribution in [3.8, 4) is 0 Å². The summed E-state index contributed by atoms with van der Waals surface area (Å²) in [6, 6.07) is 2.11. The Labute approximate surface area is 99.7 Å². The van der Waals surface area contributed by atoms with Crippen molar-refractivity contribution in [3.05, 3.63) is 21.9 Å². The quantitative estimate of drug-likeness (QED) is 0.867. The first kappa shape index (κ1) is 11.6. The number of nitrogens with zero attached hydrogens (tertiary/aromatic N) is 1. The van der Waals surface area contributed by atoms with E-state index in [2.05, 4.69) is 18.4 Å². The largest absolute Gasteiger partial charge is 0.395 e. The predicted octanol–water partition coefficient (Wildman–Crippen LogP) is 1.61. The number of thiophene rings is 1. The van der Waals surface area contributed by atoms with Crippen molar-refractivity contribution in [1.29, 1.82) is 0 Å². The Kier molecular flexibility index (Phi) is 3.30. The lowest BCUT2D eigenvalue weighted by atomic mass is 10.2. The molecule has 2 rings (SSSR count). The van der Waals surface area contributed by atoms with Crippen LogP contribution in [-0.2, 0) is 4.79 Å². The molecule has 1 aromatic heterocycles. The molecule has 0 saturated heterocycles. The number of aliphatic hydroxyl groups is 1. The lowest BCUT2D eigenvalue weighted by molar-refractivity contribution is -0.131. The van der Waals surface area contributed by atoms with E-state index in [-0.39, 0.29) is 18.4 Å². The average Bonchev–Trinajstić information content (AvgIpc) is 2.94. The maximum Gasteiger partial charge on any atom is 0.226 e. The van der Waals surface area contributed by atoms with Crippen molar-refractivity contribution in [3.63, 3.8) is 0 Å². The van der Waals surface area contributed by atoms with Crippen molar-refractivity contribution in [2.45, 2.75) is 19.3 Å². The van der Waals surface area contributed by atoms with Gasteiger partial charge in [-0.3, -0.25) is 4.79 Å². The van der Waals surface area contributed by atoms with Gasteiger partial charge in [-0.2, -0.15) is 0 Å². The average molecular weight is 239 g/mol. The standard InChI is InChI=1S/C12H17NO2S/c1-8-3-6-16-11(8)9-7-10(9)12(15)13(2)4-5-14/h3,6,9-10,14H,4-5,7H2,1-2H3. The summed E-state index contributed by atoms with van der Waals surface area (Å²) >= 11 is 1.75. The zero-order chi connectivity index (χ0) is 11.7. The molecule has 0 aliphatic heterocycles. The van der Waals surface area contributed by atoms with Crippen molar-refractivity contribution in [2.75, 3.05) is 20.2 Å². The van der Waals surface area contributed by atoms with Crippen molar-refractivity contribution in [2.24, 2.45) is 5.92 Å². The monoisotopic (exact) mass is 239 g/mol. The highest BCUT2D eigenvalue weighted by molar-refractivity contribution is 7.10. The Balaban J connectivity index is 1.96. The van der Waals surface area contributed by atoms with Gasteiger partial charge in [0.1, 0.15) is 0 Å². The molecule has 2 atom stereocenters. The molecule has 1 aliphatic rings. The molecular weight excluding hydrogens is 222 g/mol. The molecule has 1 amide bonds. The minimum absolute atomic E-state index is 0.0393. The summed E-state index contributed by atoms with van der Waals surface area (Å²) < 4.78 is 0. The van der Waals surface area contributed by atoms with Crippen LogP contribution in [0.3, 0.4) is 0 Å². The number of likely N-dealkylation sites (N-methyl/N-ethyl adjacent to an activating group) is 1. The van der Waals surface area contributed by atoms with Gasteiger partial charge in [-0.25, -0.2) is 0 Å². The third-order valence-corrected chi connectivity index (χ3v) is 4.31. The molecule has 16 heavy (non-hydrogen) atoms. The number of amides is 1. The maximum atomic E-state index is 11.9. The fourth-order valence-corrected chi connectivity index (χ4v) is 3.17. The fraction of sp³-hybridized carbons (Fsp3) is 0.583. The molecule has 1 saturated carbocycles. The summed E-state index contributed by atoms with van der Waals surface area (Å²) in [6.45, 7) is 2.58. The van der Waals surface area contributed by atoms with Crippen LogP contribution >= 0.6 is 11.3 Å². The molecule has 1 aromatic rings. The van der Waals surface area contributed by atoms with Crippen molar-refractivity contribution in [1.82, 2.24) is 4.90 Å². The minimum atomic E-state index is 0.0393. The minimum Gasteiger partial charge on any atom is -0.395 e. The Bertz CT molecular complexity index is 388. The molecule has 1 heterocycles. The molecule has 3 nitrogen and oxygen atoms in total. The number of hydrogen-bond acceptors (Lipinski definition) is 3. The van der Waals surface area contributed by atoms with Crippen LogP contribution in [-0.4, -0.2) is 36.1 Å². The molecule has 0 spiro atoms. The van der Waals surface area contributed by atoms with E-state index in [1.54, 1.807) is 23.3 Å². The van der Waals surface area contributed by atoms with Crippen LogP contribution in [0.2, 0.25) is 0 Å². The van der Waals surface area contributed by atoms with Gasteiger partial charge in [-0.1, -0.05) is 0 Å². The van der Waals surface area contributed by atoms with E-state index < -0.39 is 0 Å². The highest BCUT2D eigenvalue weighted by Gasteiger charge is 2.46. The summed E-state index contributed by atoms with van der Waals surface area (Å²) in [5.41, 5.74) is 1.30. The van der Waals surface area contributed by atoms with Gasteiger partial charge in [0.2, 0.25) is 5.91 Å². The Hall–Kier alpha value is -0.870. The summed E-state index contributed by atoms with van der Waals surface area (Å²) in [4.78, 5) is 14.9. The highest BCUT2D eigenvalue weighted by Crippen LogP contribution is 2.51. The predicted molar refractivity (Wildman–Crippen MR) is 64.6 cm³/mol. The number of aliphatic hydroxyl groups excluding tert-OH is 1. The SMILES string of the molecule is Cc1ccsc1C1CC1C(=O)N(C)CCO. The number of carbonyl (C=O) groups excluding carboxylic acids is 1. The number of carbonyl (C=O) groups is 1. The summed E-state index contributed by atoms with van der Waals surface area (Å²) in [5.74, 6) is 0.745. The van der Waals surface area contributed by atoms with Gasteiger partial charge in [-0.15, -0.1) is 11.3 Å². The molecule has 88 valence electrons. The Morgan fingerprint density at radius 2 is 2.44 bits per heavy atom. The number of rotatable bonds is 4. The zero-order valence-corrected chi connectivity index (χ0v) is 10.5. The molecule has 4 heteroatoms. The van der Waals surface area contributed by atoms with Gasteiger partial charge in [-0.05, 0) is 30.4 Å². The number of hydrogen-bond donors (Lipinski definition) is 1. The molecule has 0 bridgehead atoms. The van der Waals surface area contributed by atoms with E-state index in [0.29, 0.717) is 12.5 Å². The van der Waals surface area contributed by atoms with E-state index in [1.807, 2.05) is 0 Å². The van der Waals surface area contributed by atoms with Crippen molar-refractivity contribution < 1.29 is 9.90 Å². The second-order valence-electron chi connectivity index (χ2n) is 4.40. The molecule has 0 aromatic carbocycles. The van der Waals surface area contributed by atoms with Gasteiger partial charge >= 0.3 is 0 Å². The molecular formula is C12H17NO2S. The first-order chi connectivity index (χ1) is 7.65. The van der Waals surface area contributed by atoms with E-state index in [4.69, 9.17) is 5.11 Å². The van der Waals surface area contributed by atoms with Crippen LogP contribution in [0, 0.1) is 12.8 Å². The molecule has 1 fully saturated rings. The van der Waals surface area contributed by atoms with E-state index in [9.17, 15) is 4.79 Å². The van der Waals surface area contributed by atoms with Crippen LogP contribution < -0.4 is 0 Å². The second-order valence-corrected chi connectivity index (χ2v) is 5.35. The maximum absolute atomic E-state index is 11.9. The first-order valence-electron chi connectivity index (χ1n) is 5.55. The van der Waals surface area contributed by atoms with Crippen LogP contribution in [0.25, 0.3) is 0 Å². The summed E-state index contributed by atoms with van der Waals surface area (Å²) in [5, 5.41) is 10.9. The molecule has 1 N–H and O–H groups in total. The lowest BCUT2D eigenvalue weighted by Crippen LogP contribution is -2.31. The van der Waals surface area contributed by atoms with E-state index >= 15 is 0 Å². The third kappa shape index (κ3) is 2.13. The summed E-state index contributed by atoms with van der Waals surface area (Å²) in [6.07, 6.45) is 0.968. The molecule has 1 aliphatic carbocycles. The van der Waals surface area contributed by atoms with Gasteiger partial charge in [0, 0.05) is 30.3 Å². The summed E-state index contributed by atoms with van der Waals surface area (Å²) in [7, 11) is 1.76. The van der Waals surface area contributed by atoms with Gasteiger partial charge in [0.25, 0.3) is 0 Å². The van der Waals surface area contributed by atoms with Gasteiger partial charge < -0.3 is 10.0 Å². The number of aryl methyl sites for hydroxylation is 1. The smallest absolute Gasteiger partial charge is 0.226 e. The lowest BCUT2D eigenvalue weighted by Gasteiger charge is -2.15. The van der Waals surface area contributed by atoms with Crippen LogP contribution in [0.5, 0.6) is 0 Å². The van der Waals surface area contributed by atoms with Crippen LogP contribution in [0.1, 0.15) is 22.8 Å². The first-order valence-corrected chi connectivity index (χ1v) is 6.43. The van der Waals surface area contributed by atoms with Crippen LogP contribution in [0.4, 0.5) is 0 Å². The topological polar surface area (TPSA) is 40.5 Å². The third-order valence-electron chi connectivity index (χ3n) is 3.16. The van der Waals surface area contributed by atoms with E-state index in [1.165, 1.54) is 10.4 Å². The Morgan fingerprint density at radius 1 is 1.69 bits per heavy atom. The molecule has 2 unspecified atom stereocenters. The zero-order valence-electron chi connectivity index (χ0n) is 9.64. The van der Waals surface area contributed by atoms with Gasteiger partial charge in [0.05, 0.1) is 6.61 Å². The van der Waals surface area contributed by atoms with E-state index in [0.717, 1.165) is 6.42 Å². The van der Waals surface area contributed by atoms with Gasteiger partial charge in [0.15, 0.2) is 0 Å². The second kappa shape index (κ2) is 4.55. The normalized spacial score (nSPS) is 23.2. The highest BCUT2D eigenvalue weighted by atomic mass is 32.1. The fourth-order valence-electron chi connectivity index (χ4n) is 2.07. The Morgan fingerprint density at radius 3 is 3.00 bits per heavy atom.